The normalized spacial score (nSPS) is 36.9. The second kappa shape index (κ2) is 4.77. The van der Waals surface area contributed by atoms with Crippen molar-refractivity contribution in [3.05, 3.63) is 0 Å². The molecule has 1 aliphatic rings. The van der Waals surface area contributed by atoms with E-state index in [2.05, 4.69) is 9.61 Å². The Morgan fingerprint density at radius 3 is 2.93 bits per heavy atom. The number of nitrogens with one attached hydrogen (secondary N) is 1. The van der Waals surface area contributed by atoms with E-state index >= 15 is 0 Å². The van der Waals surface area contributed by atoms with Crippen LogP contribution in [0, 0.1) is 0 Å². The van der Waals surface area contributed by atoms with Gasteiger partial charge in [-0.15, -0.1) is 0 Å². The Kier molecular flexibility index (Phi) is 4.16. The highest BCUT2D eigenvalue weighted by Gasteiger charge is 2.35. The average Bonchev–Trinajstić information content (AvgIpc) is 2.45. The summed E-state index contributed by atoms with van der Waals surface area (Å²) < 4.78 is 21.3. The van der Waals surface area contributed by atoms with E-state index in [9.17, 15) is 9.46 Å². The van der Waals surface area contributed by atoms with Gasteiger partial charge in [0.05, 0.1) is 6.10 Å². The van der Waals surface area contributed by atoms with Crippen LogP contribution >= 0.6 is 7.75 Å². The van der Waals surface area contributed by atoms with Gasteiger partial charge in [0.15, 0.2) is 0 Å². The maximum absolute atomic E-state index is 11.3. The summed E-state index contributed by atoms with van der Waals surface area (Å²) >= 11 is 0. The summed E-state index contributed by atoms with van der Waals surface area (Å²) in [6, 6.07) is 0.0417. The molecule has 0 saturated carbocycles. The van der Waals surface area contributed by atoms with Gasteiger partial charge in [0.2, 0.25) is 0 Å². The van der Waals surface area contributed by atoms with E-state index in [-0.39, 0.29) is 18.1 Å². The van der Waals surface area contributed by atoms with Gasteiger partial charge in [-0.25, -0.2) is 9.65 Å². The van der Waals surface area contributed by atoms with Crippen LogP contribution in [0.2, 0.25) is 0 Å². The molecule has 0 bridgehead atoms. The lowest BCUT2D eigenvalue weighted by Gasteiger charge is -2.20. The topological polar surface area (TPSA) is 67.8 Å². The van der Waals surface area contributed by atoms with Gasteiger partial charge in [-0.1, -0.05) is 6.92 Å². The van der Waals surface area contributed by atoms with Crippen LogP contribution in [0.1, 0.15) is 19.8 Å². The molecule has 7 heteroatoms. The van der Waals surface area contributed by atoms with E-state index in [0.717, 1.165) is 12.8 Å². The Morgan fingerprint density at radius 2 is 2.43 bits per heavy atom. The van der Waals surface area contributed by atoms with E-state index in [1.165, 1.54) is 7.11 Å². The summed E-state index contributed by atoms with van der Waals surface area (Å²) in [6.07, 6.45) is 1.57. The van der Waals surface area contributed by atoms with Gasteiger partial charge in [-0.2, -0.15) is 0 Å². The third-order valence-electron chi connectivity index (χ3n) is 2.42. The third-order valence-corrected chi connectivity index (χ3v) is 3.57. The highest BCUT2D eigenvalue weighted by atomic mass is 31.2. The number of rotatable bonds is 4. The van der Waals surface area contributed by atoms with Gasteiger partial charge < -0.3 is 14.2 Å². The van der Waals surface area contributed by atoms with Crippen molar-refractivity contribution in [2.75, 3.05) is 7.11 Å². The summed E-state index contributed by atoms with van der Waals surface area (Å²) in [5, 5.41) is 2.60. The minimum atomic E-state index is -3.63. The summed E-state index contributed by atoms with van der Waals surface area (Å²) in [5.74, 6) is 0. The fraction of sp³-hybridized carbons (Fsp3) is 1.00. The van der Waals surface area contributed by atoms with Crippen molar-refractivity contribution in [2.45, 2.75) is 37.9 Å². The number of ether oxygens (including phenoxy) is 1. The van der Waals surface area contributed by atoms with E-state index in [1.54, 1.807) is 0 Å². The second-order valence-electron chi connectivity index (χ2n) is 3.57. The quantitative estimate of drug-likeness (QED) is 0.510. The molecule has 0 aromatic rings. The van der Waals surface area contributed by atoms with Gasteiger partial charge in [0, 0.05) is 19.2 Å². The van der Waals surface area contributed by atoms with Crippen molar-refractivity contribution in [3.63, 3.8) is 0 Å². The largest absolute Gasteiger partial charge is 0.403 e. The first-order valence-electron chi connectivity index (χ1n) is 4.80. The highest BCUT2D eigenvalue weighted by molar-refractivity contribution is 7.50. The van der Waals surface area contributed by atoms with Crippen molar-refractivity contribution >= 4 is 15.6 Å². The van der Waals surface area contributed by atoms with Crippen molar-refractivity contribution in [1.82, 2.24) is 5.09 Å². The van der Waals surface area contributed by atoms with Crippen LogP contribution in [-0.2, 0) is 13.8 Å². The molecule has 0 spiro atoms. The first kappa shape index (κ1) is 12.2. The van der Waals surface area contributed by atoms with E-state index in [4.69, 9.17) is 4.74 Å². The number of hydrogen-bond donors (Lipinski definition) is 2. The van der Waals surface area contributed by atoms with Crippen LogP contribution < -0.4 is 5.09 Å². The molecule has 1 unspecified atom stereocenters. The maximum Gasteiger partial charge on any atom is 0.403 e. The average molecular weight is 221 g/mol. The highest BCUT2D eigenvalue weighted by Crippen LogP contribution is 2.38. The Labute approximate surface area is 85.2 Å². The first-order valence-corrected chi connectivity index (χ1v) is 6.38. The Hall–Kier alpha value is 0.135. The van der Waals surface area contributed by atoms with Crippen LogP contribution in [0.5, 0.6) is 0 Å². The zero-order valence-electron chi connectivity index (χ0n) is 8.77. The molecular formula is C7H17BNO4P. The summed E-state index contributed by atoms with van der Waals surface area (Å²) in [6.45, 7) is 1.99. The fourth-order valence-electron chi connectivity index (χ4n) is 1.74. The van der Waals surface area contributed by atoms with E-state index in [0.29, 0.717) is 0 Å². The zero-order chi connectivity index (χ0) is 10.8. The van der Waals surface area contributed by atoms with Gasteiger partial charge in [0.1, 0.15) is 7.85 Å². The lowest BCUT2D eigenvalue weighted by atomic mass is 9.95. The van der Waals surface area contributed by atoms with Crippen molar-refractivity contribution in [3.8, 4) is 0 Å². The second-order valence-corrected chi connectivity index (χ2v) is 5.23. The Morgan fingerprint density at radius 1 is 1.79 bits per heavy atom. The zero-order valence-corrected chi connectivity index (χ0v) is 9.66. The molecule has 14 heavy (non-hydrogen) atoms. The molecule has 0 aliphatic carbocycles. The van der Waals surface area contributed by atoms with Crippen LogP contribution in [0.25, 0.3) is 0 Å². The molecule has 0 aromatic heterocycles. The monoisotopic (exact) mass is 221 g/mol. The smallest absolute Gasteiger partial charge is 0.382 e. The molecule has 2 N–H and O–H groups in total. The Bertz CT molecular complexity index is 240. The molecule has 1 aliphatic heterocycles. The predicted octanol–water partition coefficient (Wildman–Crippen LogP) is -0.151. The summed E-state index contributed by atoms with van der Waals surface area (Å²) in [4.78, 5) is 9.25. The minimum Gasteiger partial charge on any atom is -0.382 e. The first-order chi connectivity index (χ1) is 6.48. The van der Waals surface area contributed by atoms with Crippen molar-refractivity contribution in [2.24, 2.45) is 0 Å². The van der Waals surface area contributed by atoms with Crippen LogP contribution in [0.15, 0.2) is 0 Å². The van der Waals surface area contributed by atoms with Crippen LogP contribution in [0.4, 0.5) is 0 Å². The molecule has 1 heterocycles. The number of hydrogen-bond acceptors (Lipinski definition) is 3. The van der Waals surface area contributed by atoms with Crippen molar-refractivity contribution in [1.29, 1.82) is 0 Å². The van der Waals surface area contributed by atoms with E-state index < -0.39 is 7.75 Å². The van der Waals surface area contributed by atoms with Gasteiger partial charge >= 0.3 is 7.75 Å². The lowest BCUT2D eigenvalue weighted by molar-refractivity contribution is 0.0771. The fourth-order valence-corrected chi connectivity index (χ4v) is 2.53. The van der Waals surface area contributed by atoms with Crippen LogP contribution in [-0.4, -0.2) is 38.0 Å². The molecule has 1 saturated heterocycles. The van der Waals surface area contributed by atoms with Gasteiger partial charge in [-0.05, 0) is 12.8 Å². The van der Waals surface area contributed by atoms with Gasteiger partial charge in [0.25, 0.3) is 0 Å². The molecule has 0 radical (unpaired) electrons. The molecule has 0 aromatic carbocycles. The standard InChI is InChI=1S/C7H17BNO4P/c1-3-6-5(4-7(8)13-6)9-14(10,11)12-2/h5-7H,3-4,8H2,1-2H3,(H2,9,10,11)/t5-,6-,7-/m1/s1. The SMILES string of the molecule is B[C@H]1C[C@@H](NP(=O)(O)OC)[C@@H](CC)O1. The predicted molar refractivity (Wildman–Crippen MR) is 55.9 cm³/mol. The molecule has 4 atom stereocenters. The molecule has 5 nitrogen and oxygen atoms in total. The summed E-state index contributed by atoms with van der Waals surface area (Å²) in [7, 11) is -0.456. The molecule has 82 valence electrons. The van der Waals surface area contributed by atoms with E-state index in [1.807, 2.05) is 14.8 Å². The molecule has 1 fully saturated rings. The molecular weight excluding hydrogens is 204 g/mol. The molecule has 0 amide bonds. The minimum absolute atomic E-state index is 0.000579. The molecule has 1 rings (SSSR count). The maximum atomic E-state index is 11.3. The third kappa shape index (κ3) is 3.07. The lowest BCUT2D eigenvalue weighted by Crippen LogP contribution is -2.34. The summed E-state index contributed by atoms with van der Waals surface area (Å²) in [5.41, 5.74) is 0. The van der Waals surface area contributed by atoms with Crippen molar-refractivity contribution < 1.29 is 18.7 Å². The van der Waals surface area contributed by atoms with Crippen LogP contribution in [0.3, 0.4) is 0 Å². The Balaban J connectivity index is 2.55. The van der Waals surface area contributed by atoms with Gasteiger partial charge in [-0.3, -0.25) is 0 Å².